The van der Waals surface area contributed by atoms with Gasteiger partial charge in [0.15, 0.2) is 0 Å². The number of benzene rings is 2. The van der Waals surface area contributed by atoms with E-state index in [2.05, 4.69) is 20.2 Å². The lowest BCUT2D eigenvalue weighted by molar-refractivity contribution is 0.599. The first-order chi connectivity index (χ1) is 14.1. The normalized spacial score (nSPS) is 11.4. The molecule has 2 aromatic carbocycles. The fraction of sp³-hybridized carbons (Fsp3) is 0.0909. The van der Waals surface area contributed by atoms with E-state index < -0.39 is 0 Å². The Balaban J connectivity index is 1.53. The lowest BCUT2D eigenvalue weighted by atomic mass is 10.0. The maximum absolute atomic E-state index is 14.9. The zero-order chi connectivity index (χ0) is 20.0. The SMILES string of the molecule is Cc1[nH]nc2cc(-c3ccc(Cn4c(=O)cnc5cnccc54)c(F)c3)ccc12. The first-order valence-corrected chi connectivity index (χ1v) is 9.13. The fourth-order valence-corrected chi connectivity index (χ4v) is 3.53. The lowest BCUT2D eigenvalue weighted by Crippen LogP contribution is -2.21. The molecule has 0 atom stereocenters. The van der Waals surface area contributed by atoms with Crippen molar-refractivity contribution in [2.75, 3.05) is 0 Å². The van der Waals surface area contributed by atoms with Gasteiger partial charge in [-0.3, -0.25) is 14.9 Å². The minimum atomic E-state index is -0.369. The molecule has 3 aromatic heterocycles. The van der Waals surface area contributed by atoms with Crippen LogP contribution in [0, 0.1) is 12.7 Å². The van der Waals surface area contributed by atoms with Crippen molar-refractivity contribution in [3.8, 4) is 11.1 Å². The predicted molar refractivity (Wildman–Crippen MR) is 109 cm³/mol. The topological polar surface area (TPSA) is 76.5 Å². The molecule has 0 radical (unpaired) electrons. The van der Waals surface area contributed by atoms with Gasteiger partial charge in [-0.25, -0.2) is 9.37 Å². The summed E-state index contributed by atoms with van der Waals surface area (Å²) in [6, 6.07) is 12.6. The maximum Gasteiger partial charge on any atom is 0.269 e. The highest BCUT2D eigenvalue weighted by molar-refractivity contribution is 5.86. The molecular formula is C22H16FN5O. The van der Waals surface area contributed by atoms with Crippen LogP contribution in [0.15, 0.2) is 65.8 Å². The first-order valence-electron chi connectivity index (χ1n) is 9.13. The summed E-state index contributed by atoms with van der Waals surface area (Å²) in [6.45, 7) is 2.08. The van der Waals surface area contributed by atoms with Crippen LogP contribution in [-0.2, 0) is 6.54 Å². The molecule has 142 valence electrons. The Hall–Kier alpha value is -3.87. The largest absolute Gasteiger partial charge is 0.301 e. The van der Waals surface area contributed by atoms with Crippen molar-refractivity contribution in [1.29, 1.82) is 0 Å². The molecule has 0 aliphatic rings. The number of rotatable bonds is 3. The third-order valence-electron chi connectivity index (χ3n) is 5.11. The smallest absolute Gasteiger partial charge is 0.269 e. The zero-order valence-electron chi connectivity index (χ0n) is 15.6. The summed E-state index contributed by atoms with van der Waals surface area (Å²) >= 11 is 0. The molecule has 3 heterocycles. The van der Waals surface area contributed by atoms with Gasteiger partial charge in [0, 0.05) is 22.8 Å². The minimum Gasteiger partial charge on any atom is -0.301 e. The van der Waals surface area contributed by atoms with Crippen LogP contribution in [0.4, 0.5) is 4.39 Å². The van der Waals surface area contributed by atoms with Gasteiger partial charge in [0.1, 0.15) is 11.3 Å². The van der Waals surface area contributed by atoms with Crippen molar-refractivity contribution >= 4 is 21.9 Å². The van der Waals surface area contributed by atoms with Crippen LogP contribution in [0.25, 0.3) is 33.1 Å². The quantitative estimate of drug-likeness (QED) is 0.512. The van der Waals surface area contributed by atoms with Crippen LogP contribution in [0.1, 0.15) is 11.3 Å². The third-order valence-corrected chi connectivity index (χ3v) is 5.11. The molecule has 6 nitrogen and oxygen atoms in total. The number of pyridine rings is 1. The molecule has 0 aliphatic carbocycles. The van der Waals surface area contributed by atoms with Gasteiger partial charge >= 0.3 is 0 Å². The molecule has 5 aromatic rings. The second kappa shape index (κ2) is 6.63. The molecule has 0 unspecified atom stereocenters. The van der Waals surface area contributed by atoms with E-state index in [1.54, 1.807) is 24.5 Å². The van der Waals surface area contributed by atoms with Crippen LogP contribution in [0.5, 0.6) is 0 Å². The van der Waals surface area contributed by atoms with Crippen molar-refractivity contribution < 1.29 is 4.39 Å². The second-order valence-electron chi connectivity index (χ2n) is 6.93. The van der Waals surface area contributed by atoms with E-state index in [1.807, 2.05) is 31.2 Å². The van der Waals surface area contributed by atoms with Gasteiger partial charge in [-0.05, 0) is 36.2 Å². The minimum absolute atomic E-state index is 0.117. The van der Waals surface area contributed by atoms with Crippen molar-refractivity contribution in [3.05, 3.63) is 88.5 Å². The van der Waals surface area contributed by atoms with Crippen LogP contribution < -0.4 is 5.56 Å². The molecule has 29 heavy (non-hydrogen) atoms. The van der Waals surface area contributed by atoms with Crippen LogP contribution >= 0.6 is 0 Å². The average molecular weight is 385 g/mol. The van der Waals surface area contributed by atoms with E-state index >= 15 is 0 Å². The molecule has 5 rings (SSSR count). The number of fused-ring (bicyclic) bond motifs is 2. The van der Waals surface area contributed by atoms with E-state index in [0.717, 1.165) is 27.7 Å². The lowest BCUT2D eigenvalue weighted by Gasteiger charge is -2.11. The second-order valence-corrected chi connectivity index (χ2v) is 6.93. The summed E-state index contributed by atoms with van der Waals surface area (Å²) in [4.78, 5) is 20.4. The van der Waals surface area contributed by atoms with Gasteiger partial charge in [-0.15, -0.1) is 0 Å². The number of nitrogens with zero attached hydrogens (tertiary/aromatic N) is 4. The highest BCUT2D eigenvalue weighted by atomic mass is 19.1. The van der Waals surface area contributed by atoms with E-state index in [-0.39, 0.29) is 17.9 Å². The molecule has 7 heteroatoms. The number of aryl methyl sites for hydroxylation is 1. The van der Waals surface area contributed by atoms with Gasteiger partial charge < -0.3 is 4.57 Å². The van der Waals surface area contributed by atoms with Gasteiger partial charge in [0.05, 0.1) is 30.0 Å². The Morgan fingerprint density at radius 2 is 1.86 bits per heavy atom. The number of halogens is 1. The fourth-order valence-electron chi connectivity index (χ4n) is 3.53. The zero-order valence-corrected chi connectivity index (χ0v) is 15.6. The summed E-state index contributed by atoms with van der Waals surface area (Å²) in [6.07, 6.45) is 4.40. The number of hydrogen-bond donors (Lipinski definition) is 1. The van der Waals surface area contributed by atoms with E-state index in [9.17, 15) is 9.18 Å². The molecule has 1 N–H and O–H groups in total. The third kappa shape index (κ3) is 2.97. The number of nitrogens with one attached hydrogen (secondary N) is 1. The monoisotopic (exact) mass is 385 g/mol. The van der Waals surface area contributed by atoms with Crippen molar-refractivity contribution in [1.82, 2.24) is 24.7 Å². The predicted octanol–water partition coefficient (Wildman–Crippen LogP) is 3.83. The van der Waals surface area contributed by atoms with Gasteiger partial charge in [0.2, 0.25) is 0 Å². The molecule has 0 saturated heterocycles. The summed E-state index contributed by atoms with van der Waals surface area (Å²) in [5, 5.41) is 8.27. The molecule has 0 spiro atoms. The van der Waals surface area contributed by atoms with E-state index in [0.29, 0.717) is 16.6 Å². The Labute approximate surface area is 164 Å². The van der Waals surface area contributed by atoms with Gasteiger partial charge in [-0.2, -0.15) is 5.10 Å². The van der Waals surface area contributed by atoms with E-state index in [4.69, 9.17) is 0 Å². The van der Waals surface area contributed by atoms with Crippen LogP contribution in [-0.4, -0.2) is 24.7 Å². The molecule has 0 aliphatic heterocycles. The van der Waals surface area contributed by atoms with Crippen LogP contribution in [0.2, 0.25) is 0 Å². The van der Waals surface area contributed by atoms with Gasteiger partial charge in [0.25, 0.3) is 5.56 Å². The van der Waals surface area contributed by atoms with Gasteiger partial charge in [-0.1, -0.05) is 24.3 Å². The Kier molecular flexibility index (Phi) is 3.94. The van der Waals surface area contributed by atoms with Crippen molar-refractivity contribution in [2.24, 2.45) is 0 Å². The highest BCUT2D eigenvalue weighted by Gasteiger charge is 2.11. The Morgan fingerprint density at radius 1 is 1.03 bits per heavy atom. The summed E-state index contributed by atoms with van der Waals surface area (Å²) in [7, 11) is 0. The average Bonchev–Trinajstić information content (AvgIpc) is 3.11. The standard InChI is InChI=1S/C22H16FN5O/c1-13-17-5-4-15(9-19(17)27-26-13)14-2-3-16(18(23)8-14)12-28-21-6-7-24-10-20(21)25-11-22(28)29/h2-11H,12H2,1H3,(H,26,27). The summed E-state index contributed by atoms with van der Waals surface area (Å²) < 4.78 is 16.4. The molecular weight excluding hydrogens is 369 g/mol. The van der Waals surface area contributed by atoms with Crippen LogP contribution in [0.3, 0.4) is 0 Å². The molecule has 0 amide bonds. The molecule has 0 bridgehead atoms. The number of H-pyrrole nitrogens is 1. The van der Waals surface area contributed by atoms with Crippen molar-refractivity contribution in [2.45, 2.75) is 13.5 Å². The number of hydrogen-bond acceptors (Lipinski definition) is 4. The van der Waals surface area contributed by atoms with E-state index in [1.165, 1.54) is 16.8 Å². The number of aromatic amines is 1. The Morgan fingerprint density at radius 3 is 2.72 bits per heavy atom. The maximum atomic E-state index is 14.9. The summed E-state index contributed by atoms with van der Waals surface area (Å²) in [5.41, 5.74) is 4.83. The number of aromatic nitrogens is 5. The summed E-state index contributed by atoms with van der Waals surface area (Å²) in [5.74, 6) is -0.369. The molecule has 0 saturated carbocycles. The van der Waals surface area contributed by atoms with Crippen molar-refractivity contribution in [3.63, 3.8) is 0 Å². The Bertz CT molecular complexity index is 1440. The highest BCUT2D eigenvalue weighted by Crippen LogP contribution is 2.26. The first kappa shape index (κ1) is 17.2. The molecule has 0 fully saturated rings.